The van der Waals surface area contributed by atoms with E-state index >= 15 is 0 Å². The molecule has 0 heteroatoms. The van der Waals surface area contributed by atoms with Crippen LogP contribution >= 0.6 is 0 Å². The number of fused-ring (bicyclic) bond motifs is 3. The Morgan fingerprint density at radius 2 is 2.00 bits per heavy atom. The molecule has 2 aromatic carbocycles. The van der Waals surface area contributed by atoms with Crippen molar-refractivity contribution in [2.75, 3.05) is 0 Å². The summed E-state index contributed by atoms with van der Waals surface area (Å²) >= 11 is 0. The molecule has 0 unspecified atom stereocenters. The third kappa shape index (κ3) is 1.38. The molecule has 0 atom stereocenters. The summed E-state index contributed by atoms with van der Waals surface area (Å²) < 4.78 is 0. The highest BCUT2D eigenvalue weighted by Crippen LogP contribution is 2.32. The second-order valence-electron chi connectivity index (χ2n) is 4.33. The van der Waals surface area contributed by atoms with E-state index in [1.807, 2.05) is 6.08 Å². The van der Waals surface area contributed by atoms with E-state index in [4.69, 9.17) is 0 Å². The maximum absolute atomic E-state index is 3.81. The highest BCUT2D eigenvalue weighted by Gasteiger charge is 2.13. The van der Waals surface area contributed by atoms with Crippen molar-refractivity contribution in [2.45, 2.75) is 12.8 Å². The minimum Gasteiger partial charge on any atom is -0.103 e. The van der Waals surface area contributed by atoms with Crippen molar-refractivity contribution in [3.63, 3.8) is 0 Å². The van der Waals surface area contributed by atoms with Gasteiger partial charge < -0.3 is 0 Å². The first-order chi connectivity index (χ1) is 7.88. The summed E-state index contributed by atoms with van der Waals surface area (Å²) in [7, 11) is 0. The summed E-state index contributed by atoms with van der Waals surface area (Å²) in [6.45, 7) is 3.81. The van der Waals surface area contributed by atoms with Crippen LogP contribution in [0.25, 0.3) is 16.8 Å². The van der Waals surface area contributed by atoms with Crippen LogP contribution in [0.2, 0.25) is 0 Å². The molecular formula is C16H14. The Labute approximate surface area is 95.9 Å². The molecular weight excluding hydrogens is 192 g/mol. The normalized spacial score (nSPS) is 13.6. The highest BCUT2D eigenvalue weighted by atomic mass is 14.2. The monoisotopic (exact) mass is 206 g/mol. The zero-order chi connectivity index (χ0) is 11.0. The second-order valence-corrected chi connectivity index (χ2v) is 4.33. The molecule has 0 fully saturated rings. The van der Waals surface area contributed by atoms with Crippen molar-refractivity contribution in [1.82, 2.24) is 0 Å². The Morgan fingerprint density at radius 3 is 2.88 bits per heavy atom. The van der Waals surface area contributed by atoms with Crippen LogP contribution in [0.1, 0.15) is 17.5 Å². The third-order valence-electron chi connectivity index (χ3n) is 3.25. The SMILES string of the molecule is C=CCC1=Cc2ccc3ccccc3c2C1. The van der Waals surface area contributed by atoms with E-state index in [1.54, 1.807) is 0 Å². The molecule has 2 aromatic rings. The lowest BCUT2D eigenvalue weighted by molar-refractivity contribution is 1.12. The second kappa shape index (κ2) is 3.64. The first-order valence-electron chi connectivity index (χ1n) is 5.69. The quantitative estimate of drug-likeness (QED) is 0.640. The van der Waals surface area contributed by atoms with Crippen molar-refractivity contribution < 1.29 is 0 Å². The average Bonchev–Trinajstić information content (AvgIpc) is 2.72. The molecule has 0 heterocycles. The van der Waals surface area contributed by atoms with Gasteiger partial charge in [-0.25, -0.2) is 0 Å². The number of rotatable bonds is 2. The van der Waals surface area contributed by atoms with Crippen LogP contribution in [-0.2, 0) is 6.42 Å². The van der Waals surface area contributed by atoms with Gasteiger partial charge in [-0.15, -0.1) is 6.58 Å². The zero-order valence-corrected chi connectivity index (χ0v) is 9.24. The molecule has 16 heavy (non-hydrogen) atoms. The summed E-state index contributed by atoms with van der Waals surface area (Å²) in [5, 5.41) is 2.74. The Morgan fingerprint density at radius 1 is 1.12 bits per heavy atom. The molecule has 0 amide bonds. The maximum Gasteiger partial charge on any atom is -0.00486 e. The van der Waals surface area contributed by atoms with Gasteiger partial charge >= 0.3 is 0 Å². The summed E-state index contributed by atoms with van der Waals surface area (Å²) in [6, 6.07) is 13.1. The minimum absolute atomic E-state index is 1.00. The van der Waals surface area contributed by atoms with Crippen LogP contribution in [0.15, 0.2) is 54.6 Å². The van der Waals surface area contributed by atoms with Crippen LogP contribution in [0.3, 0.4) is 0 Å². The molecule has 0 saturated carbocycles. The first-order valence-corrected chi connectivity index (χ1v) is 5.69. The number of hydrogen-bond acceptors (Lipinski definition) is 0. The van der Waals surface area contributed by atoms with E-state index in [9.17, 15) is 0 Å². The maximum atomic E-state index is 3.81. The molecule has 0 saturated heterocycles. The Balaban J connectivity index is 2.15. The van der Waals surface area contributed by atoms with Crippen LogP contribution in [0.4, 0.5) is 0 Å². The average molecular weight is 206 g/mol. The standard InChI is InChI=1S/C16H14/c1-2-5-12-10-14-9-8-13-6-3-4-7-15(13)16(14)11-12/h2-4,6-10H,1,5,11H2. The molecule has 0 aromatic heterocycles. The van der Waals surface area contributed by atoms with Crippen molar-refractivity contribution >= 4 is 16.8 Å². The van der Waals surface area contributed by atoms with Crippen molar-refractivity contribution in [3.05, 3.63) is 65.8 Å². The number of allylic oxidation sites excluding steroid dienone is 2. The summed E-state index contributed by atoms with van der Waals surface area (Å²) in [4.78, 5) is 0. The smallest absolute Gasteiger partial charge is 0.00486 e. The lowest BCUT2D eigenvalue weighted by atomic mass is 10.00. The fraction of sp³-hybridized carbons (Fsp3) is 0.125. The van der Waals surface area contributed by atoms with Gasteiger partial charge in [0.05, 0.1) is 0 Å². The molecule has 0 aliphatic heterocycles. The Bertz CT molecular complexity index is 588. The fourth-order valence-electron chi connectivity index (χ4n) is 2.50. The van der Waals surface area contributed by atoms with Gasteiger partial charge in [-0.1, -0.05) is 54.1 Å². The van der Waals surface area contributed by atoms with E-state index in [2.05, 4.69) is 49.1 Å². The minimum atomic E-state index is 1.00. The van der Waals surface area contributed by atoms with Gasteiger partial charge in [0.2, 0.25) is 0 Å². The number of benzene rings is 2. The molecule has 3 rings (SSSR count). The van der Waals surface area contributed by atoms with E-state index in [0.717, 1.165) is 12.8 Å². The summed E-state index contributed by atoms with van der Waals surface area (Å²) in [5.74, 6) is 0. The highest BCUT2D eigenvalue weighted by molar-refractivity contribution is 5.90. The Kier molecular flexibility index (Phi) is 2.14. The van der Waals surface area contributed by atoms with Crippen LogP contribution < -0.4 is 0 Å². The van der Waals surface area contributed by atoms with Gasteiger partial charge in [0.25, 0.3) is 0 Å². The van der Waals surface area contributed by atoms with Crippen LogP contribution in [0.5, 0.6) is 0 Å². The van der Waals surface area contributed by atoms with E-state index < -0.39 is 0 Å². The van der Waals surface area contributed by atoms with Gasteiger partial charge in [0.1, 0.15) is 0 Å². The van der Waals surface area contributed by atoms with Crippen LogP contribution in [-0.4, -0.2) is 0 Å². The summed E-state index contributed by atoms with van der Waals surface area (Å²) in [6.07, 6.45) is 6.38. The summed E-state index contributed by atoms with van der Waals surface area (Å²) in [5.41, 5.74) is 4.34. The molecule has 0 N–H and O–H groups in total. The molecule has 78 valence electrons. The molecule has 0 radical (unpaired) electrons. The lowest BCUT2D eigenvalue weighted by Crippen LogP contribution is -1.86. The number of hydrogen-bond donors (Lipinski definition) is 0. The Hall–Kier alpha value is -1.82. The van der Waals surface area contributed by atoms with Crippen LogP contribution in [0, 0.1) is 0 Å². The predicted octanol–water partition coefficient (Wildman–Crippen LogP) is 4.36. The van der Waals surface area contributed by atoms with Crippen molar-refractivity contribution in [1.29, 1.82) is 0 Å². The van der Waals surface area contributed by atoms with Crippen molar-refractivity contribution in [2.24, 2.45) is 0 Å². The lowest BCUT2D eigenvalue weighted by Gasteiger charge is -2.04. The molecule has 1 aliphatic rings. The molecule has 1 aliphatic carbocycles. The van der Waals surface area contributed by atoms with Gasteiger partial charge in [0, 0.05) is 0 Å². The molecule has 0 spiro atoms. The fourth-order valence-corrected chi connectivity index (χ4v) is 2.50. The van der Waals surface area contributed by atoms with E-state index in [-0.39, 0.29) is 0 Å². The van der Waals surface area contributed by atoms with Gasteiger partial charge in [-0.3, -0.25) is 0 Å². The van der Waals surface area contributed by atoms with Crippen molar-refractivity contribution in [3.8, 4) is 0 Å². The topological polar surface area (TPSA) is 0 Å². The largest absolute Gasteiger partial charge is 0.103 e. The van der Waals surface area contributed by atoms with Gasteiger partial charge in [0.15, 0.2) is 0 Å². The van der Waals surface area contributed by atoms with Gasteiger partial charge in [-0.05, 0) is 34.7 Å². The molecule has 0 nitrogen and oxygen atoms in total. The predicted molar refractivity (Wildman–Crippen MR) is 70.4 cm³/mol. The molecule has 0 bridgehead atoms. The van der Waals surface area contributed by atoms with E-state index in [1.165, 1.54) is 27.5 Å². The first kappa shape index (κ1) is 9.41. The van der Waals surface area contributed by atoms with Gasteiger partial charge in [-0.2, -0.15) is 0 Å². The zero-order valence-electron chi connectivity index (χ0n) is 9.24. The third-order valence-corrected chi connectivity index (χ3v) is 3.25. The van der Waals surface area contributed by atoms with E-state index in [0.29, 0.717) is 0 Å².